The SMILES string of the molecule is CN1C(=O)COc2cccc(C(=O)Nc3cc4ccccc4cn3)c21. The van der Waals surface area contributed by atoms with Crippen molar-refractivity contribution < 1.29 is 14.3 Å². The predicted octanol–water partition coefficient (Wildman–Crippen LogP) is 2.84. The van der Waals surface area contributed by atoms with Gasteiger partial charge >= 0.3 is 0 Å². The van der Waals surface area contributed by atoms with Crippen molar-refractivity contribution >= 4 is 34.1 Å². The van der Waals surface area contributed by atoms with E-state index in [0.717, 1.165) is 10.8 Å². The molecule has 124 valence electrons. The van der Waals surface area contributed by atoms with Gasteiger partial charge in [-0.3, -0.25) is 9.59 Å². The Morgan fingerprint density at radius 1 is 1.16 bits per heavy atom. The Morgan fingerprint density at radius 3 is 2.80 bits per heavy atom. The number of carbonyl (C=O) groups excluding carboxylic acids is 2. The molecular formula is C19H15N3O3. The first kappa shape index (κ1) is 15.1. The molecule has 6 nitrogen and oxygen atoms in total. The molecule has 2 aromatic carbocycles. The average molecular weight is 333 g/mol. The third-order valence-corrected chi connectivity index (χ3v) is 4.18. The summed E-state index contributed by atoms with van der Waals surface area (Å²) in [6.07, 6.45) is 1.71. The number of nitrogens with one attached hydrogen (secondary N) is 1. The summed E-state index contributed by atoms with van der Waals surface area (Å²) in [6.45, 7) is -0.0270. The van der Waals surface area contributed by atoms with E-state index >= 15 is 0 Å². The Kier molecular flexibility index (Phi) is 3.57. The van der Waals surface area contributed by atoms with Gasteiger partial charge in [0.05, 0.1) is 11.3 Å². The smallest absolute Gasteiger partial charge is 0.264 e. The number of fused-ring (bicyclic) bond motifs is 2. The first-order valence-corrected chi connectivity index (χ1v) is 7.82. The molecule has 0 unspecified atom stereocenters. The number of aromatic nitrogens is 1. The van der Waals surface area contributed by atoms with Crippen LogP contribution in [-0.4, -0.2) is 30.5 Å². The zero-order valence-electron chi connectivity index (χ0n) is 13.5. The Bertz CT molecular complexity index is 1000. The molecular weight excluding hydrogens is 318 g/mol. The topological polar surface area (TPSA) is 71.5 Å². The van der Waals surface area contributed by atoms with E-state index in [2.05, 4.69) is 10.3 Å². The van der Waals surface area contributed by atoms with Crippen LogP contribution in [0.3, 0.4) is 0 Å². The van der Waals surface area contributed by atoms with Gasteiger partial charge in [-0.25, -0.2) is 4.98 Å². The fourth-order valence-corrected chi connectivity index (χ4v) is 2.86. The molecule has 0 atom stereocenters. The minimum Gasteiger partial charge on any atom is -0.482 e. The predicted molar refractivity (Wildman–Crippen MR) is 95.0 cm³/mol. The number of ether oxygens (including phenoxy) is 1. The van der Waals surface area contributed by atoms with Gasteiger partial charge in [0, 0.05) is 18.6 Å². The van der Waals surface area contributed by atoms with E-state index in [4.69, 9.17) is 4.74 Å². The maximum atomic E-state index is 12.7. The zero-order chi connectivity index (χ0) is 17.4. The summed E-state index contributed by atoms with van der Waals surface area (Å²) >= 11 is 0. The highest BCUT2D eigenvalue weighted by molar-refractivity contribution is 6.12. The number of anilines is 2. The van der Waals surface area contributed by atoms with Gasteiger partial charge in [-0.15, -0.1) is 0 Å². The van der Waals surface area contributed by atoms with Crippen LogP contribution in [0.1, 0.15) is 10.4 Å². The summed E-state index contributed by atoms with van der Waals surface area (Å²) in [5, 5.41) is 4.77. The fraction of sp³-hybridized carbons (Fsp3) is 0.105. The van der Waals surface area contributed by atoms with Crippen molar-refractivity contribution in [1.82, 2.24) is 4.98 Å². The van der Waals surface area contributed by atoms with E-state index < -0.39 is 0 Å². The summed E-state index contributed by atoms with van der Waals surface area (Å²) in [4.78, 5) is 30.3. The fourth-order valence-electron chi connectivity index (χ4n) is 2.86. The largest absolute Gasteiger partial charge is 0.482 e. The first-order valence-electron chi connectivity index (χ1n) is 7.82. The van der Waals surface area contributed by atoms with Crippen LogP contribution < -0.4 is 15.0 Å². The maximum Gasteiger partial charge on any atom is 0.264 e. The second kappa shape index (κ2) is 5.90. The van der Waals surface area contributed by atoms with Gasteiger partial charge in [-0.1, -0.05) is 30.3 Å². The van der Waals surface area contributed by atoms with Gasteiger partial charge in [0.2, 0.25) is 0 Å². The van der Waals surface area contributed by atoms with Crippen LogP contribution >= 0.6 is 0 Å². The summed E-state index contributed by atoms with van der Waals surface area (Å²) in [5.74, 6) is 0.426. The molecule has 0 saturated heterocycles. The number of rotatable bonds is 2. The number of amides is 2. The number of carbonyl (C=O) groups is 2. The lowest BCUT2D eigenvalue weighted by molar-refractivity contribution is -0.120. The standard InChI is InChI=1S/C19H15N3O3/c1-22-17(23)11-25-15-8-4-7-14(18(15)22)19(24)21-16-9-12-5-2-3-6-13(12)10-20-16/h2-10H,11H2,1H3,(H,20,21,24). The van der Waals surface area contributed by atoms with Gasteiger partial charge in [-0.2, -0.15) is 0 Å². The molecule has 1 aliphatic heterocycles. The molecule has 3 aromatic rings. The second-order valence-electron chi connectivity index (χ2n) is 5.76. The lowest BCUT2D eigenvalue weighted by atomic mass is 10.1. The molecule has 1 N–H and O–H groups in total. The molecule has 0 saturated carbocycles. The van der Waals surface area contributed by atoms with Crippen LogP contribution in [0, 0.1) is 0 Å². The van der Waals surface area contributed by atoms with E-state index in [1.807, 2.05) is 30.3 Å². The number of para-hydroxylation sites is 1. The number of hydrogen-bond donors (Lipinski definition) is 1. The van der Waals surface area contributed by atoms with Crippen molar-refractivity contribution in [1.29, 1.82) is 0 Å². The summed E-state index contributed by atoms with van der Waals surface area (Å²) < 4.78 is 5.42. The summed E-state index contributed by atoms with van der Waals surface area (Å²) in [5.41, 5.74) is 0.833. The first-order chi connectivity index (χ1) is 12.1. The Hall–Kier alpha value is -3.41. The number of nitrogens with zero attached hydrogens (tertiary/aromatic N) is 2. The molecule has 0 bridgehead atoms. The minimum atomic E-state index is -0.343. The second-order valence-corrected chi connectivity index (χ2v) is 5.76. The van der Waals surface area contributed by atoms with Crippen LogP contribution in [0.15, 0.2) is 54.7 Å². The molecule has 2 amide bonds. The third kappa shape index (κ3) is 2.67. The molecule has 2 heterocycles. The highest BCUT2D eigenvalue weighted by Crippen LogP contribution is 2.34. The molecule has 6 heteroatoms. The summed E-state index contributed by atoms with van der Waals surface area (Å²) in [7, 11) is 1.63. The number of pyridine rings is 1. The lowest BCUT2D eigenvalue weighted by Gasteiger charge is -2.27. The van der Waals surface area contributed by atoms with Gasteiger partial charge in [-0.05, 0) is 23.6 Å². The normalized spacial score (nSPS) is 13.3. The molecule has 4 rings (SSSR count). The number of benzene rings is 2. The zero-order valence-corrected chi connectivity index (χ0v) is 13.5. The monoisotopic (exact) mass is 333 g/mol. The van der Waals surface area contributed by atoms with Crippen LogP contribution in [-0.2, 0) is 4.79 Å². The van der Waals surface area contributed by atoms with E-state index in [9.17, 15) is 9.59 Å². The van der Waals surface area contributed by atoms with E-state index in [0.29, 0.717) is 22.8 Å². The average Bonchev–Trinajstić information content (AvgIpc) is 2.64. The molecule has 0 aliphatic carbocycles. The van der Waals surface area contributed by atoms with Crippen molar-refractivity contribution in [2.75, 3.05) is 23.9 Å². The Morgan fingerprint density at radius 2 is 1.96 bits per heavy atom. The van der Waals surface area contributed by atoms with E-state index in [1.165, 1.54) is 4.90 Å². The van der Waals surface area contributed by atoms with Gasteiger partial charge < -0.3 is 15.0 Å². The molecule has 1 aliphatic rings. The molecule has 0 radical (unpaired) electrons. The Balaban J connectivity index is 1.68. The van der Waals surface area contributed by atoms with Crippen LogP contribution in [0.4, 0.5) is 11.5 Å². The van der Waals surface area contributed by atoms with Gasteiger partial charge in [0.25, 0.3) is 11.8 Å². The van der Waals surface area contributed by atoms with Crippen molar-refractivity contribution in [3.63, 3.8) is 0 Å². The molecule has 1 aromatic heterocycles. The van der Waals surface area contributed by atoms with Crippen molar-refractivity contribution in [2.24, 2.45) is 0 Å². The maximum absolute atomic E-state index is 12.7. The molecule has 0 spiro atoms. The highest BCUT2D eigenvalue weighted by atomic mass is 16.5. The van der Waals surface area contributed by atoms with Crippen molar-refractivity contribution in [2.45, 2.75) is 0 Å². The highest BCUT2D eigenvalue weighted by Gasteiger charge is 2.27. The quantitative estimate of drug-likeness (QED) is 0.783. The van der Waals surface area contributed by atoms with E-state index in [-0.39, 0.29) is 18.4 Å². The molecule has 25 heavy (non-hydrogen) atoms. The Labute approximate surface area is 144 Å². The van der Waals surface area contributed by atoms with E-state index in [1.54, 1.807) is 31.4 Å². The van der Waals surface area contributed by atoms with Crippen LogP contribution in [0.5, 0.6) is 5.75 Å². The lowest BCUT2D eigenvalue weighted by Crippen LogP contribution is -2.37. The summed E-state index contributed by atoms with van der Waals surface area (Å²) in [6, 6.07) is 14.7. The number of hydrogen-bond acceptors (Lipinski definition) is 4. The third-order valence-electron chi connectivity index (χ3n) is 4.18. The van der Waals surface area contributed by atoms with Gasteiger partial charge in [0.1, 0.15) is 11.6 Å². The van der Waals surface area contributed by atoms with Crippen molar-refractivity contribution in [3.8, 4) is 5.75 Å². The van der Waals surface area contributed by atoms with Crippen molar-refractivity contribution in [3.05, 3.63) is 60.3 Å². The minimum absolute atomic E-state index is 0.0270. The number of likely N-dealkylation sites (N-methyl/N-ethyl adjacent to an activating group) is 1. The van der Waals surface area contributed by atoms with Crippen LogP contribution in [0.25, 0.3) is 10.8 Å². The van der Waals surface area contributed by atoms with Crippen LogP contribution in [0.2, 0.25) is 0 Å². The molecule has 0 fully saturated rings. The van der Waals surface area contributed by atoms with Gasteiger partial charge in [0.15, 0.2) is 6.61 Å².